The van der Waals surface area contributed by atoms with Crippen LogP contribution in [0.15, 0.2) is 11.4 Å². The number of nitrogens with one attached hydrogen (secondary N) is 1. The zero-order chi connectivity index (χ0) is 13.7. The van der Waals surface area contributed by atoms with Crippen LogP contribution in [0.5, 0.6) is 0 Å². The van der Waals surface area contributed by atoms with E-state index in [0.29, 0.717) is 30.3 Å². The second-order valence-corrected chi connectivity index (χ2v) is 5.01. The zero-order valence-electron chi connectivity index (χ0n) is 10.7. The molecule has 0 radical (unpaired) electrons. The van der Waals surface area contributed by atoms with E-state index in [1.807, 2.05) is 4.90 Å². The Morgan fingerprint density at radius 1 is 1.47 bits per heavy atom. The molecule has 0 unspecified atom stereocenters. The third kappa shape index (κ3) is 3.76. The second kappa shape index (κ2) is 6.65. The lowest BCUT2D eigenvalue weighted by atomic mass is 10.3. The summed E-state index contributed by atoms with van der Waals surface area (Å²) in [5, 5.41) is 4.49. The Bertz CT molecular complexity index is 454. The first-order valence-corrected chi connectivity index (χ1v) is 6.84. The quantitative estimate of drug-likeness (QED) is 0.829. The van der Waals surface area contributed by atoms with Gasteiger partial charge in [0.25, 0.3) is 0 Å². The van der Waals surface area contributed by atoms with Crippen LogP contribution in [0, 0.1) is 0 Å². The van der Waals surface area contributed by atoms with Gasteiger partial charge in [-0.3, -0.25) is 9.69 Å². The van der Waals surface area contributed by atoms with Gasteiger partial charge in [-0.05, 0) is 11.4 Å². The fourth-order valence-electron chi connectivity index (χ4n) is 1.81. The molecule has 1 N–H and O–H groups in total. The Kier molecular flexibility index (Phi) is 4.89. The molecule has 1 aromatic heterocycles. The molecule has 2 heterocycles. The van der Waals surface area contributed by atoms with E-state index in [4.69, 9.17) is 4.74 Å². The number of thiophene rings is 1. The maximum absolute atomic E-state index is 11.9. The van der Waals surface area contributed by atoms with E-state index in [2.05, 4.69) is 10.1 Å². The Balaban J connectivity index is 1.91. The molecular weight excluding hydrogens is 268 g/mol. The monoisotopic (exact) mass is 284 g/mol. The lowest BCUT2D eigenvalue weighted by Crippen LogP contribution is -2.41. The Labute approximate surface area is 115 Å². The molecule has 1 aliphatic rings. The number of hydrogen-bond acceptors (Lipinski definition) is 6. The van der Waals surface area contributed by atoms with Crippen molar-refractivity contribution in [3.63, 3.8) is 0 Å². The van der Waals surface area contributed by atoms with Crippen molar-refractivity contribution in [3.8, 4) is 0 Å². The summed E-state index contributed by atoms with van der Waals surface area (Å²) in [7, 11) is 1.32. The third-order valence-electron chi connectivity index (χ3n) is 2.78. The number of carbonyl (C=O) groups excluding carboxylic acids is 2. The van der Waals surface area contributed by atoms with Gasteiger partial charge in [0.15, 0.2) is 0 Å². The Morgan fingerprint density at radius 2 is 2.21 bits per heavy atom. The number of methoxy groups -OCH3 is 1. The van der Waals surface area contributed by atoms with Gasteiger partial charge < -0.3 is 14.8 Å². The minimum atomic E-state index is -0.434. The number of esters is 1. The summed E-state index contributed by atoms with van der Waals surface area (Å²) in [5.74, 6) is -0.567. The maximum atomic E-state index is 11.9. The van der Waals surface area contributed by atoms with Crippen molar-refractivity contribution >= 4 is 28.9 Å². The fraction of sp³-hybridized carbons (Fsp3) is 0.500. The van der Waals surface area contributed by atoms with Gasteiger partial charge in [0.2, 0.25) is 5.91 Å². The van der Waals surface area contributed by atoms with Crippen LogP contribution in [0.1, 0.15) is 9.67 Å². The fourth-order valence-corrected chi connectivity index (χ4v) is 2.58. The molecule has 1 saturated heterocycles. The molecule has 0 saturated carbocycles. The maximum Gasteiger partial charge on any atom is 0.350 e. The number of hydrogen-bond donors (Lipinski definition) is 1. The summed E-state index contributed by atoms with van der Waals surface area (Å²) in [6.45, 7) is 3.11. The third-order valence-corrected chi connectivity index (χ3v) is 3.68. The molecule has 6 nitrogen and oxygen atoms in total. The van der Waals surface area contributed by atoms with Gasteiger partial charge in [0.1, 0.15) is 4.88 Å². The van der Waals surface area contributed by atoms with Crippen LogP contribution < -0.4 is 5.32 Å². The molecule has 0 aliphatic carbocycles. The molecule has 0 bridgehead atoms. The summed E-state index contributed by atoms with van der Waals surface area (Å²) in [4.78, 5) is 25.8. The van der Waals surface area contributed by atoms with Crippen molar-refractivity contribution in [2.75, 3.05) is 45.3 Å². The van der Waals surface area contributed by atoms with E-state index < -0.39 is 5.97 Å². The second-order valence-electron chi connectivity index (χ2n) is 4.09. The van der Waals surface area contributed by atoms with Gasteiger partial charge in [-0.15, -0.1) is 11.3 Å². The van der Waals surface area contributed by atoms with Gasteiger partial charge in [-0.2, -0.15) is 0 Å². The number of rotatable bonds is 4. The average Bonchev–Trinajstić information content (AvgIpc) is 2.87. The summed E-state index contributed by atoms with van der Waals surface area (Å²) in [6, 6.07) is 1.70. The highest BCUT2D eigenvalue weighted by molar-refractivity contribution is 7.12. The first-order chi connectivity index (χ1) is 9.20. The number of nitrogens with zero attached hydrogens (tertiary/aromatic N) is 1. The minimum absolute atomic E-state index is 0.134. The predicted octanol–water partition coefficient (Wildman–Crippen LogP) is 0.805. The van der Waals surface area contributed by atoms with Crippen LogP contribution in [-0.2, 0) is 14.3 Å². The summed E-state index contributed by atoms with van der Waals surface area (Å²) < 4.78 is 9.88. The average molecular weight is 284 g/mol. The van der Waals surface area contributed by atoms with E-state index >= 15 is 0 Å². The molecule has 0 aromatic carbocycles. The van der Waals surface area contributed by atoms with Crippen LogP contribution in [-0.4, -0.2) is 56.7 Å². The molecule has 7 heteroatoms. The number of anilines is 1. The Hall–Kier alpha value is -1.44. The highest BCUT2D eigenvalue weighted by Crippen LogP contribution is 2.23. The molecule has 0 spiro atoms. The molecule has 104 valence electrons. The van der Waals surface area contributed by atoms with Crippen LogP contribution in [0.2, 0.25) is 0 Å². The molecule has 1 aromatic rings. The smallest absolute Gasteiger partial charge is 0.350 e. The highest BCUT2D eigenvalue weighted by atomic mass is 32.1. The Morgan fingerprint density at radius 3 is 2.89 bits per heavy atom. The number of carbonyl (C=O) groups is 2. The van der Waals surface area contributed by atoms with Crippen molar-refractivity contribution in [3.05, 3.63) is 16.3 Å². The van der Waals surface area contributed by atoms with Crippen molar-refractivity contribution in [1.29, 1.82) is 0 Å². The minimum Gasteiger partial charge on any atom is -0.465 e. The van der Waals surface area contributed by atoms with E-state index in [0.717, 1.165) is 13.1 Å². The summed E-state index contributed by atoms with van der Waals surface area (Å²) >= 11 is 1.25. The van der Waals surface area contributed by atoms with Gasteiger partial charge in [0, 0.05) is 13.1 Å². The SMILES string of the molecule is COC(=O)c1sccc1NC(=O)CN1CCOCC1. The standard InChI is InChI=1S/C12H16N2O4S/c1-17-12(16)11-9(2-7-19-11)13-10(15)8-14-3-5-18-6-4-14/h2,7H,3-6,8H2,1H3,(H,13,15). The predicted molar refractivity (Wildman–Crippen MR) is 71.5 cm³/mol. The first kappa shape index (κ1) is 14.0. The summed E-state index contributed by atoms with van der Waals surface area (Å²) in [6.07, 6.45) is 0. The molecular formula is C12H16N2O4S. The zero-order valence-corrected chi connectivity index (χ0v) is 11.5. The molecule has 1 aliphatic heterocycles. The van der Waals surface area contributed by atoms with Crippen molar-refractivity contribution in [1.82, 2.24) is 4.90 Å². The summed E-state index contributed by atoms with van der Waals surface area (Å²) in [5.41, 5.74) is 0.509. The van der Waals surface area contributed by atoms with Crippen molar-refractivity contribution in [2.45, 2.75) is 0 Å². The van der Waals surface area contributed by atoms with Gasteiger partial charge >= 0.3 is 5.97 Å². The van der Waals surface area contributed by atoms with Crippen molar-refractivity contribution < 1.29 is 19.1 Å². The van der Waals surface area contributed by atoms with Crippen molar-refractivity contribution in [2.24, 2.45) is 0 Å². The molecule has 1 fully saturated rings. The van der Waals surface area contributed by atoms with Crippen LogP contribution in [0.4, 0.5) is 5.69 Å². The lowest BCUT2D eigenvalue weighted by Gasteiger charge is -2.25. The van der Waals surface area contributed by atoms with Gasteiger partial charge in [-0.1, -0.05) is 0 Å². The number of amides is 1. The number of ether oxygens (including phenoxy) is 2. The first-order valence-electron chi connectivity index (χ1n) is 5.96. The van der Waals surface area contributed by atoms with E-state index in [1.54, 1.807) is 11.4 Å². The normalized spacial score (nSPS) is 16.1. The van der Waals surface area contributed by atoms with E-state index in [1.165, 1.54) is 18.4 Å². The van der Waals surface area contributed by atoms with Crippen LogP contribution >= 0.6 is 11.3 Å². The van der Waals surface area contributed by atoms with Gasteiger partial charge in [0.05, 0.1) is 32.6 Å². The number of morpholine rings is 1. The largest absolute Gasteiger partial charge is 0.465 e. The molecule has 0 atom stereocenters. The van der Waals surface area contributed by atoms with Gasteiger partial charge in [-0.25, -0.2) is 4.79 Å². The van der Waals surface area contributed by atoms with E-state index in [9.17, 15) is 9.59 Å². The molecule has 19 heavy (non-hydrogen) atoms. The van der Waals surface area contributed by atoms with Crippen LogP contribution in [0.25, 0.3) is 0 Å². The van der Waals surface area contributed by atoms with E-state index in [-0.39, 0.29) is 5.91 Å². The molecule has 2 rings (SSSR count). The van der Waals surface area contributed by atoms with Crippen LogP contribution in [0.3, 0.4) is 0 Å². The highest BCUT2D eigenvalue weighted by Gasteiger charge is 2.18. The topological polar surface area (TPSA) is 67.9 Å². The molecule has 1 amide bonds. The lowest BCUT2D eigenvalue weighted by molar-refractivity contribution is -0.118.